The highest BCUT2D eigenvalue weighted by Crippen LogP contribution is 2.30. The van der Waals surface area contributed by atoms with Crippen molar-refractivity contribution in [2.24, 2.45) is 5.92 Å². The molecular formula is C16H14O5. The molecule has 5 nitrogen and oxygen atoms in total. The normalized spacial score (nSPS) is 17.6. The molecule has 0 saturated carbocycles. The summed E-state index contributed by atoms with van der Waals surface area (Å²) >= 11 is 0. The number of ether oxygens (including phenoxy) is 1. The number of hydrogen-bond donors (Lipinski definition) is 0. The lowest BCUT2D eigenvalue weighted by Gasteiger charge is -2.21. The quantitative estimate of drug-likeness (QED) is 0.790. The van der Waals surface area contributed by atoms with Crippen LogP contribution >= 0.6 is 0 Å². The summed E-state index contributed by atoms with van der Waals surface area (Å²) in [6, 6.07) is 6.85. The lowest BCUT2D eigenvalue weighted by molar-refractivity contribution is -0.148. The molecule has 1 atom stereocenters. The molecule has 1 aliphatic rings. The van der Waals surface area contributed by atoms with Crippen LogP contribution in [0.25, 0.3) is 10.8 Å². The monoisotopic (exact) mass is 286 g/mol. The zero-order valence-electron chi connectivity index (χ0n) is 11.5. The van der Waals surface area contributed by atoms with Crippen molar-refractivity contribution in [3.05, 3.63) is 46.0 Å². The van der Waals surface area contributed by atoms with Crippen LogP contribution in [0.5, 0.6) is 0 Å². The van der Waals surface area contributed by atoms with E-state index >= 15 is 0 Å². The molecule has 0 spiro atoms. The summed E-state index contributed by atoms with van der Waals surface area (Å²) in [7, 11) is 0. The van der Waals surface area contributed by atoms with Crippen molar-refractivity contribution in [2.75, 3.05) is 6.61 Å². The highest BCUT2D eigenvalue weighted by Gasteiger charge is 2.34. The topological polar surface area (TPSA) is 73.6 Å². The summed E-state index contributed by atoms with van der Waals surface area (Å²) < 4.78 is 10.2. The van der Waals surface area contributed by atoms with E-state index in [4.69, 9.17) is 9.15 Å². The molecule has 1 aliphatic carbocycles. The minimum Gasteiger partial charge on any atom is -0.466 e. The number of Topliss-reactive ketones (excluding diaryl/α,β-unsaturated/α-hetero) is 1. The fourth-order valence-electron chi connectivity index (χ4n) is 2.75. The van der Waals surface area contributed by atoms with Gasteiger partial charge in [0.1, 0.15) is 5.76 Å². The minimum atomic E-state index is -0.575. The van der Waals surface area contributed by atoms with E-state index in [0.29, 0.717) is 16.3 Å². The second-order valence-electron chi connectivity index (χ2n) is 5.01. The number of hydrogen-bond acceptors (Lipinski definition) is 5. The Balaban J connectivity index is 2.12. The molecule has 2 aromatic rings. The molecule has 1 aromatic heterocycles. The molecule has 21 heavy (non-hydrogen) atoms. The average molecular weight is 286 g/mol. The van der Waals surface area contributed by atoms with Gasteiger partial charge in [0.25, 0.3) is 0 Å². The van der Waals surface area contributed by atoms with Gasteiger partial charge in [-0.15, -0.1) is 0 Å². The summed E-state index contributed by atoms with van der Waals surface area (Å²) in [4.78, 5) is 36.1. The van der Waals surface area contributed by atoms with Crippen molar-refractivity contribution in [2.45, 2.75) is 19.8 Å². The van der Waals surface area contributed by atoms with Crippen LogP contribution in [0.1, 0.15) is 29.5 Å². The van der Waals surface area contributed by atoms with Crippen molar-refractivity contribution in [1.29, 1.82) is 0 Å². The maximum Gasteiger partial charge on any atom is 0.343 e. The van der Waals surface area contributed by atoms with E-state index in [9.17, 15) is 14.4 Å². The zero-order valence-corrected chi connectivity index (χ0v) is 11.5. The van der Waals surface area contributed by atoms with E-state index < -0.39 is 17.5 Å². The number of ketones is 1. The van der Waals surface area contributed by atoms with Crippen molar-refractivity contribution in [1.82, 2.24) is 0 Å². The highest BCUT2D eigenvalue weighted by atomic mass is 16.5. The number of rotatable bonds is 2. The van der Waals surface area contributed by atoms with Gasteiger partial charge in [0, 0.05) is 18.2 Å². The Morgan fingerprint density at radius 1 is 1.24 bits per heavy atom. The van der Waals surface area contributed by atoms with Crippen molar-refractivity contribution in [3.8, 4) is 0 Å². The summed E-state index contributed by atoms with van der Waals surface area (Å²) in [6.45, 7) is 1.97. The Morgan fingerprint density at radius 3 is 2.67 bits per heavy atom. The van der Waals surface area contributed by atoms with E-state index in [1.807, 2.05) is 0 Å². The standard InChI is InChI=1S/C16H14O5/c1-2-20-15(18)9-7-12(17)14-10-5-3-4-6-11(10)16(19)21-13(14)8-9/h3-6,9H,2,7-8H2,1H3. The van der Waals surface area contributed by atoms with E-state index in [-0.39, 0.29) is 31.0 Å². The zero-order chi connectivity index (χ0) is 15.0. The fraction of sp³-hybridized carbons (Fsp3) is 0.312. The molecule has 1 aromatic carbocycles. The van der Waals surface area contributed by atoms with Crippen LogP contribution in [0, 0.1) is 5.92 Å². The SMILES string of the molecule is CCOC(=O)C1CC(=O)c2c(oc(=O)c3ccccc23)C1. The third kappa shape index (κ3) is 2.24. The lowest BCUT2D eigenvalue weighted by atomic mass is 9.84. The number of carbonyl (C=O) groups is 2. The van der Waals surface area contributed by atoms with Gasteiger partial charge in [0.15, 0.2) is 5.78 Å². The summed E-state index contributed by atoms with van der Waals surface area (Å²) in [5.41, 5.74) is -0.0626. The smallest absolute Gasteiger partial charge is 0.343 e. The van der Waals surface area contributed by atoms with Gasteiger partial charge in [0.05, 0.1) is 23.5 Å². The predicted molar refractivity (Wildman–Crippen MR) is 75.3 cm³/mol. The van der Waals surface area contributed by atoms with Gasteiger partial charge >= 0.3 is 11.6 Å². The van der Waals surface area contributed by atoms with Gasteiger partial charge in [-0.25, -0.2) is 4.79 Å². The van der Waals surface area contributed by atoms with E-state index in [2.05, 4.69) is 0 Å². The van der Waals surface area contributed by atoms with E-state index in [1.165, 1.54) is 0 Å². The van der Waals surface area contributed by atoms with E-state index in [1.54, 1.807) is 31.2 Å². The molecule has 0 aliphatic heterocycles. The largest absolute Gasteiger partial charge is 0.466 e. The number of carbonyl (C=O) groups excluding carboxylic acids is 2. The number of esters is 1. The molecule has 0 fully saturated rings. The summed E-state index contributed by atoms with van der Waals surface area (Å²) in [6.07, 6.45) is 0.309. The second kappa shape index (κ2) is 5.16. The van der Waals surface area contributed by atoms with Crippen molar-refractivity contribution in [3.63, 3.8) is 0 Å². The van der Waals surface area contributed by atoms with Gasteiger partial charge in [-0.3, -0.25) is 9.59 Å². The molecular weight excluding hydrogens is 272 g/mol. The molecule has 3 rings (SSSR count). The van der Waals surface area contributed by atoms with Gasteiger partial charge in [-0.2, -0.15) is 0 Å². The van der Waals surface area contributed by atoms with Gasteiger partial charge in [-0.1, -0.05) is 18.2 Å². The van der Waals surface area contributed by atoms with Gasteiger partial charge in [-0.05, 0) is 13.0 Å². The van der Waals surface area contributed by atoms with Crippen LogP contribution in [0.15, 0.2) is 33.5 Å². The maximum absolute atomic E-state index is 12.4. The van der Waals surface area contributed by atoms with Crippen LogP contribution in [0.2, 0.25) is 0 Å². The first-order chi connectivity index (χ1) is 10.1. The number of fused-ring (bicyclic) bond motifs is 3. The van der Waals surface area contributed by atoms with Crippen molar-refractivity contribution < 1.29 is 18.7 Å². The number of benzene rings is 1. The van der Waals surface area contributed by atoms with Crippen LogP contribution in [0.4, 0.5) is 0 Å². The lowest BCUT2D eigenvalue weighted by Crippen LogP contribution is -2.29. The first-order valence-electron chi connectivity index (χ1n) is 6.86. The van der Waals surface area contributed by atoms with Crippen LogP contribution in [0.3, 0.4) is 0 Å². The minimum absolute atomic E-state index is 0.0869. The summed E-state index contributed by atoms with van der Waals surface area (Å²) in [5, 5.41) is 0.982. The molecule has 0 N–H and O–H groups in total. The Hall–Kier alpha value is -2.43. The average Bonchev–Trinajstić information content (AvgIpc) is 2.47. The Kier molecular flexibility index (Phi) is 3.33. The third-order valence-corrected chi connectivity index (χ3v) is 3.67. The van der Waals surface area contributed by atoms with Crippen molar-refractivity contribution >= 4 is 22.5 Å². The van der Waals surface area contributed by atoms with Crippen LogP contribution in [-0.4, -0.2) is 18.4 Å². The van der Waals surface area contributed by atoms with Crippen LogP contribution in [-0.2, 0) is 16.0 Å². The van der Waals surface area contributed by atoms with Gasteiger partial charge in [0.2, 0.25) is 0 Å². The predicted octanol–water partition coefficient (Wildman–Crippen LogP) is 2.10. The first kappa shape index (κ1) is 13.5. The highest BCUT2D eigenvalue weighted by molar-refractivity contribution is 6.10. The van der Waals surface area contributed by atoms with E-state index in [0.717, 1.165) is 0 Å². The Labute approximate surface area is 120 Å². The summed E-state index contributed by atoms with van der Waals surface area (Å²) in [5.74, 6) is -0.899. The second-order valence-corrected chi connectivity index (χ2v) is 5.01. The molecule has 0 radical (unpaired) electrons. The molecule has 108 valence electrons. The molecule has 0 amide bonds. The molecule has 0 bridgehead atoms. The Morgan fingerprint density at radius 2 is 1.95 bits per heavy atom. The molecule has 5 heteroatoms. The van der Waals surface area contributed by atoms with Crippen LogP contribution < -0.4 is 5.63 Å². The molecule has 1 unspecified atom stereocenters. The maximum atomic E-state index is 12.4. The molecule has 0 saturated heterocycles. The first-order valence-corrected chi connectivity index (χ1v) is 6.86. The Bertz CT molecular complexity index is 787. The third-order valence-electron chi connectivity index (χ3n) is 3.67. The molecule has 1 heterocycles. The fourth-order valence-corrected chi connectivity index (χ4v) is 2.75. The van der Waals surface area contributed by atoms with Gasteiger partial charge < -0.3 is 9.15 Å².